The Morgan fingerprint density at radius 2 is 1.90 bits per heavy atom. The van der Waals surface area contributed by atoms with Gasteiger partial charge in [0, 0.05) is 29.1 Å². The second kappa shape index (κ2) is 7.20. The molecule has 2 aromatic carbocycles. The fourth-order valence-electron chi connectivity index (χ4n) is 4.63. The Bertz CT molecular complexity index is 1540. The molecule has 0 fully saturated rings. The third-order valence-electron chi connectivity index (χ3n) is 6.07. The number of aryl methyl sites for hydroxylation is 3. The average Bonchev–Trinajstić information content (AvgIpc) is 3.37. The van der Waals surface area contributed by atoms with E-state index in [0.717, 1.165) is 58.8 Å². The van der Waals surface area contributed by atoms with Crippen molar-refractivity contribution in [2.24, 2.45) is 0 Å². The Hall–Kier alpha value is -3.19. The maximum absolute atomic E-state index is 12.2. The van der Waals surface area contributed by atoms with Crippen molar-refractivity contribution in [2.45, 2.75) is 43.6 Å². The normalized spacial score (nSPS) is 13.5. The Morgan fingerprint density at radius 1 is 1.06 bits per heavy atom. The van der Waals surface area contributed by atoms with Crippen LogP contribution in [0.5, 0.6) is 0 Å². The van der Waals surface area contributed by atoms with Crippen LogP contribution in [0.15, 0.2) is 56.8 Å². The Morgan fingerprint density at radius 3 is 2.77 bits per heavy atom. The van der Waals surface area contributed by atoms with Gasteiger partial charge in [0.05, 0.1) is 5.52 Å². The predicted octanol–water partition coefficient (Wildman–Crippen LogP) is 4.89. The van der Waals surface area contributed by atoms with Crippen LogP contribution in [0.1, 0.15) is 30.0 Å². The van der Waals surface area contributed by atoms with Crippen molar-refractivity contribution in [1.29, 1.82) is 0 Å². The lowest BCUT2D eigenvalue weighted by atomic mass is 10.0. The fraction of sp³-hybridized carbons (Fsp3) is 0.250. The molecule has 1 aliphatic rings. The summed E-state index contributed by atoms with van der Waals surface area (Å²) in [5.74, 6) is 0.584. The van der Waals surface area contributed by atoms with Gasteiger partial charge in [-0.25, -0.2) is 9.78 Å². The lowest BCUT2D eigenvalue weighted by molar-refractivity contribution is 0.559. The molecule has 0 bridgehead atoms. The van der Waals surface area contributed by atoms with Gasteiger partial charge in [-0.1, -0.05) is 30.0 Å². The topological polar surface area (TPSA) is 73.8 Å². The van der Waals surface area contributed by atoms with E-state index in [-0.39, 0.29) is 5.63 Å². The number of para-hydroxylation sites is 1. The lowest BCUT2D eigenvalue weighted by Crippen LogP contribution is -2.02. The molecule has 5 aromatic rings. The molecule has 3 aromatic heterocycles. The number of aromatic nitrogens is 4. The van der Waals surface area contributed by atoms with Crippen molar-refractivity contribution in [3.8, 4) is 0 Å². The first-order chi connectivity index (χ1) is 15.2. The van der Waals surface area contributed by atoms with Gasteiger partial charge < -0.3 is 8.98 Å². The van der Waals surface area contributed by atoms with Gasteiger partial charge in [0.1, 0.15) is 11.1 Å². The summed E-state index contributed by atoms with van der Waals surface area (Å²) < 4.78 is 7.66. The van der Waals surface area contributed by atoms with Gasteiger partial charge in [-0.15, -0.1) is 10.2 Å². The van der Waals surface area contributed by atoms with Crippen molar-refractivity contribution >= 4 is 44.8 Å². The quantitative estimate of drug-likeness (QED) is 0.300. The highest BCUT2D eigenvalue weighted by Gasteiger charge is 2.17. The van der Waals surface area contributed by atoms with E-state index in [2.05, 4.69) is 39.9 Å². The van der Waals surface area contributed by atoms with E-state index in [9.17, 15) is 4.79 Å². The Balaban J connectivity index is 1.39. The molecule has 0 radical (unpaired) electrons. The van der Waals surface area contributed by atoms with E-state index in [0.29, 0.717) is 16.5 Å². The maximum Gasteiger partial charge on any atom is 0.336 e. The van der Waals surface area contributed by atoms with E-state index in [1.54, 1.807) is 6.07 Å². The van der Waals surface area contributed by atoms with Crippen LogP contribution < -0.4 is 5.63 Å². The molecular weight excluding hydrogens is 408 g/mol. The highest BCUT2D eigenvalue weighted by Crippen LogP contribution is 2.32. The molecule has 0 N–H and O–H groups in total. The minimum atomic E-state index is -0.318. The van der Waals surface area contributed by atoms with E-state index >= 15 is 0 Å². The van der Waals surface area contributed by atoms with E-state index in [1.807, 2.05) is 18.2 Å². The van der Waals surface area contributed by atoms with Crippen molar-refractivity contribution in [1.82, 2.24) is 19.7 Å². The van der Waals surface area contributed by atoms with Gasteiger partial charge in [0.15, 0.2) is 5.65 Å². The summed E-state index contributed by atoms with van der Waals surface area (Å²) in [7, 11) is 0. The smallest absolute Gasteiger partial charge is 0.336 e. The molecule has 31 heavy (non-hydrogen) atoms. The molecule has 0 saturated heterocycles. The molecule has 7 heteroatoms. The van der Waals surface area contributed by atoms with Crippen molar-refractivity contribution in [2.75, 3.05) is 0 Å². The summed E-state index contributed by atoms with van der Waals surface area (Å²) in [5.41, 5.74) is 6.74. The second-order valence-corrected chi connectivity index (χ2v) is 8.82. The summed E-state index contributed by atoms with van der Waals surface area (Å²) in [6, 6.07) is 14.0. The van der Waals surface area contributed by atoms with Crippen LogP contribution >= 0.6 is 11.8 Å². The zero-order chi connectivity index (χ0) is 20.9. The van der Waals surface area contributed by atoms with Crippen LogP contribution in [0, 0.1) is 0 Å². The Labute approximate surface area is 182 Å². The molecule has 1 aliphatic carbocycles. The second-order valence-electron chi connectivity index (χ2n) is 7.88. The summed E-state index contributed by atoms with van der Waals surface area (Å²) in [5, 5.41) is 11.5. The largest absolute Gasteiger partial charge is 0.423 e. The number of hydrogen-bond donors (Lipinski definition) is 0. The van der Waals surface area contributed by atoms with Crippen LogP contribution in [-0.2, 0) is 25.1 Å². The molecule has 154 valence electrons. The molecule has 0 saturated carbocycles. The molecule has 0 aliphatic heterocycles. The highest BCUT2D eigenvalue weighted by molar-refractivity contribution is 7.98. The van der Waals surface area contributed by atoms with Gasteiger partial charge >= 0.3 is 5.63 Å². The fourth-order valence-corrected chi connectivity index (χ4v) is 5.40. The molecule has 6 nitrogen and oxygen atoms in total. The van der Waals surface area contributed by atoms with Crippen LogP contribution in [0.2, 0.25) is 0 Å². The van der Waals surface area contributed by atoms with Gasteiger partial charge in [-0.2, -0.15) is 0 Å². The third-order valence-corrected chi connectivity index (χ3v) is 6.96. The van der Waals surface area contributed by atoms with Crippen LogP contribution in [0.4, 0.5) is 0 Å². The van der Waals surface area contributed by atoms with Gasteiger partial charge in [0.25, 0.3) is 0 Å². The summed E-state index contributed by atoms with van der Waals surface area (Å²) >= 11 is 1.50. The number of thioether (sulfide) groups is 1. The molecule has 0 atom stereocenters. The monoisotopic (exact) mass is 428 g/mol. The molecule has 0 unspecified atom stereocenters. The summed E-state index contributed by atoms with van der Waals surface area (Å²) in [4.78, 5) is 17.0. The number of hydrogen-bond acceptors (Lipinski definition) is 6. The first-order valence-electron chi connectivity index (χ1n) is 10.5. The lowest BCUT2D eigenvalue weighted by Gasteiger charge is -2.08. The van der Waals surface area contributed by atoms with Gasteiger partial charge in [-0.05, 0) is 61.1 Å². The minimum absolute atomic E-state index is 0.318. The van der Waals surface area contributed by atoms with E-state index in [4.69, 9.17) is 9.40 Å². The predicted molar refractivity (Wildman–Crippen MR) is 123 cm³/mol. The van der Waals surface area contributed by atoms with Crippen molar-refractivity contribution in [3.05, 3.63) is 69.6 Å². The zero-order valence-electron chi connectivity index (χ0n) is 17.1. The van der Waals surface area contributed by atoms with Crippen molar-refractivity contribution in [3.63, 3.8) is 0 Å². The molecule has 3 heterocycles. The first-order valence-corrected chi connectivity index (χ1v) is 11.5. The number of rotatable bonds is 4. The third kappa shape index (κ3) is 3.03. The van der Waals surface area contributed by atoms with Crippen LogP contribution in [0.3, 0.4) is 0 Å². The van der Waals surface area contributed by atoms with Crippen LogP contribution in [0.25, 0.3) is 33.0 Å². The maximum atomic E-state index is 12.2. The van der Waals surface area contributed by atoms with Crippen molar-refractivity contribution < 1.29 is 4.42 Å². The van der Waals surface area contributed by atoms with Crippen LogP contribution in [-0.4, -0.2) is 19.7 Å². The summed E-state index contributed by atoms with van der Waals surface area (Å²) in [6.07, 6.45) is 3.30. The zero-order valence-corrected chi connectivity index (χ0v) is 17.9. The average molecular weight is 429 g/mol. The van der Waals surface area contributed by atoms with E-state index in [1.165, 1.54) is 22.9 Å². The van der Waals surface area contributed by atoms with E-state index < -0.39 is 0 Å². The molecule has 0 spiro atoms. The van der Waals surface area contributed by atoms with Gasteiger partial charge in [-0.3, -0.25) is 0 Å². The number of benzene rings is 2. The molecule has 6 rings (SSSR count). The summed E-state index contributed by atoms with van der Waals surface area (Å²) in [6.45, 7) is 2.91. The number of fused-ring (bicyclic) bond motifs is 5. The SMILES string of the molecule is CCn1c2ccccc2c2nnc(SCc3cc(=O)oc4cc5c(cc34)CCC5)nc21. The number of nitrogens with zero attached hydrogens (tertiary/aromatic N) is 4. The first kappa shape index (κ1) is 18.6. The Kier molecular flexibility index (Phi) is 4.31. The highest BCUT2D eigenvalue weighted by atomic mass is 32.2. The standard InChI is InChI=1S/C24H20N4O2S/c1-2-28-19-9-4-3-8-17(19)22-23(28)25-24(27-26-22)31-13-16-12-21(29)30-20-11-15-7-5-6-14(15)10-18(16)20/h3-4,8-12H,2,5-7,13H2,1H3. The molecule has 0 amide bonds. The molecular formula is C24H20N4O2S. The minimum Gasteiger partial charge on any atom is -0.423 e. The van der Waals surface area contributed by atoms with Gasteiger partial charge in [0.2, 0.25) is 5.16 Å².